The number of nitrogens with one attached hydrogen (secondary N) is 1. The molecule has 0 fully saturated rings. The normalized spacial score (nSPS) is 13.6. The lowest BCUT2D eigenvalue weighted by atomic mass is 9.98. The highest BCUT2D eigenvalue weighted by Crippen LogP contribution is 2.30. The molecule has 0 radical (unpaired) electrons. The highest BCUT2D eigenvalue weighted by Gasteiger charge is 2.23. The van der Waals surface area contributed by atoms with Gasteiger partial charge in [0.05, 0.1) is 5.69 Å². The third-order valence-electron chi connectivity index (χ3n) is 4.64. The number of carbonyl (C=O) groups excluding carboxylic acids is 1. The number of amides is 1. The average Bonchev–Trinajstić information content (AvgIpc) is 3.06. The first kappa shape index (κ1) is 14.7. The Labute approximate surface area is 141 Å². The molecule has 2 heterocycles. The zero-order chi connectivity index (χ0) is 16.5. The zero-order valence-electron chi connectivity index (χ0n) is 13.6. The van der Waals surface area contributed by atoms with E-state index in [-0.39, 0.29) is 5.91 Å². The summed E-state index contributed by atoms with van der Waals surface area (Å²) < 4.78 is 0. The summed E-state index contributed by atoms with van der Waals surface area (Å²) in [6.07, 6.45) is 0.837. The van der Waals surface area contributed by atoms with Crippen LogP contribution < -0.4 is 0 Å². The number of hydrogen-bond acceptors (Lipinski definition) is 2. The Morgan fingerprint density at radius 3 is 2.38 bits per heavy atom. The van der Waals surface area contributed by atoms with E-state index in [1.807, 2.05) is 23.1 Å². The van der Waals surface area contributed by atoms with Crippen molar-refractivity contribution in [1.29, 1.82) is 0 Å². The Kier molecular flexibility index (Phi) is 3.65. The number of nitrogens with zero attached hydrogens (tertiary/aromatic N) is 2. The van der Waals surface area contributed by atoms with E-state index in [0.29, 0.717) is 6.54 Å². The summed E-state index contributed by atoms with van der Waals surface area (Å²) in [6, 6.07) is 18.8. The molecule has 2 aromatic carbocycles. The molecular weight excluding hydrogens is 298 g/mol. The van der Waals surface area contributed by atoms with Crippen LogP contribution in [0.25, 0.3) is 22.4 Å². The molecule has 3 aromatic rings. The smallest absolute Gasteiger partial charge is 0.219 e. The van der Waals surface area contributed by atoms with Crippen LogP contribution in [0.4, 0.5) is 0 Å². The van der Waals surface area contributed by atoms with E-state index < -0.39 is 0 Å². The van der Waals surface area contributed by atoms with Crippen LogP contribution in [0.5, 0.6) is 0 Å². The van der Waals surface area contributed by atoms with Gasteiger partial charge in [-0.15, -0.1) is 0 Å². The highest BCUT2D eigenvalue weighted by atomic mass is 16.2. The van der Waals surface area contributed by atoms with Crippen molar-refractivity contribution in [2.24, 2.45) is 0 Å². The lowest BCUT2D eigenvalue weighted by Gasteiger charge is -2.25. The standard InChI is InChI=1S/C20H19N3O/c1-14(24)23-12-11-19-18(13-23)20(22-21-19)17-9-7-16(8-10-17)15-5-3-2-4-6-15/h2-10H,11-13H2,1H3,(H,21,22). The summed E-state index contributed by atoms with van der Waals surface area (Å²) in [5, 5.41) is 7.64. The number of rotatable bonds is 2. The molecular formula is C20H19N3O. The fourth-order valence-electron chi connectivity index (χ4n) is 3.25. The van der Waals surface area contributed by atoms with Gasteiger partial charge in [-0.2, -0.15) is 5.10 Å². The molecule has 0 aliphatic carbocycles. The quantitative estimate of drug-likeness (QED) is 0.784. The monoisotopic (exact) mass is 317 g/mol. The minimum atomic E-state index is 0.118. The van der Waals surface area contributed by atoms with Crippen molar-refractivity contribution < 1.29 is 4.79 Å². The van der Waals surface area contributed by atoms with Crippen LogP contribution in [0.1, 0.15) is 18.2 Å². The van der Waals surface area contributed by atoms with Gasteiger partial charge in [0.25, 0.3) is 0 Å². The summed E-state index contributed by atoms with van der Waals surface area (Å²) >= 11 is 0. The maximum Gasteiger partial charge on any atom is 0.219 e. The van der Waals surface area contributed by atoms with Crippen LogP contribution in [-0.4, -0.2) is 27.5 Å². The first-order valence-electron chi connectivity index (χ1n) is 8.20. The highest BCUT2D eigenvalue weighted by molar-refractivity contribution is 5.75. The van der Waals surface area contributed by atoms with Gasteiger partial charge in [-0.1, -0.05) is 54.6 Å². The molecule has 120 valence electrons. The molecule has 0 bridgehead atoms. The Bertz CT molecular complexity index is 866. The lowest BCUT2D eigenvalue weighted by Crippen LogP contribution is -2.34. The topological polar surface area (TPSA) is 49.0 Å². The zero-order valence-corrected chi connectivity index (χ0v) is 13.6. The third-order valence-corrected chi connectivity index (χ3v) is 4.64. The van der Waals surface area contributed by atoms with E-state index in [9.17, 15) is 4.79 Å². The van der Waals surface area contributed by atoms with E-state index in [0.717, 1.165) is 35.5 Å². The Balaban J connectivity index is 1.66. The van der Waals surface area contributed by atoms with Gasteiger partial charge in [-0.25, -0.2) is 0 Å². The van der Waals surface area contributed by atoms with Crippen molar-refractivity contribution in [3.63, 3.8) is 0 Å². The van der Waals surface area contributed by atoms with Crippen molar-refractivity contribution in [2.45, 2.75) is 19.9 Å². The van der Waals surface area contributed by atoms with Crippen LogP contribution >= 0.6 is 0 Å². The molecule has 0 saturated carbocycles. The Morgan fingerprint density at radius 1 is 1.00 bits per heavy atom. The molecule has 0 atom stereocenters. The van der Waals surface area contributed by atoms with E-state index in [1.54, 1.807) is 6.92 Å². The molecule has 4 nitrogen and oxygen atoms in total. The van der Waals surface area contributed by atoms with Crippen LogP contribution in [0, 0.1) is 0 Å². The molecule has 1 N–H and O–H groups in total. The second-order valence-electron chi connectivity index (χ2n) is 6.16. The van der Waals surface area contributed by atoms with Crippen LogP contribution in [-0.2, 0) is 17.8 Å². The fourth-order valence-corrected chi connectivity index (χ4v) is 3.25. The molecule has 1 aliphatic rings. The van der Waals surface area contributed by atoms with Crippen molar-refractivity contribution in [3.8, 4) is 22.4 Å². The van der Waals surface area contributed by atoms with Gasteiger partial charge in [-0.3, -0.25) is 9.89 Å². The minimum Gasteiger partial charge on any atom is -0.338 e. The van der Waals surface area contributed by atoms with Gasteiger partial charge in [0.15, 0.2) is 0 Å². The molecule has 1 aliphatic heterocycles. The summed E-state index contributed by atoms with van der Waals surface area (Å²) in [7, 11) is 0. The third kappa shape index (κ3) is 2.60. The maximum absolute atomic E-state index is 11.7. The molecule has 4 heteroatoms. The van der Waals surface area contributed by atoms with Crippen molar-refractivity contribution >= 4 is 5.91 Å². The number of carbonyl (C=O) groups is 1. The number of benzene rings is 2. The first-order chi connectivity index (χ1) is 11.7. The number of hydrogen-bond donors (Lipinski definition) is 1. The van der Waals surface area contributed by atoms with Crippen molar-refractivity contribution in [1.82, 2.24) is 15.1 Å². The second-order valence-corrected chi connectivity index (χ2v) is 6.16. The SMILES string of the molecule is CC(=O)N1CCc2[nH]nc(-c3ccc(-c4ccccc4)cc3)c2C1. The second kappa shape index (κ2) is 5.96. The molecule has 4 rings (SSSR count). The van der Waals surface area contributed by atoms with Gasteiger partial charge in [-0.05, 0) is 11.1 Å². The number of aromatic nitrogens is 2. The maximum atomic E-state index is 11.7. The first-order valence-corrected chi connectivity index (χ1v) is 8.20. The van der Waals surface area contributed by atoms with E-state index in [2.05, 4.69) is 46.6 Å². The van der Waals surface area contributed by atoms with Crippen molar-refractivity contribution in [3.05, 3.63) is 65.9 Å². The van der Waals surface area contributed by atoms with Gasteiger partial charge in [0.1, 0.15) is 0 Å². The van der Waals surface area contributed by atoms with E-state index in [4.69, 9.17) is 0 Å². The molecule has 0 spiro atoms. The van der Waals surface area contributed by atoms with Crippen LogP contribution in [0.15, 0.2) is 54.6 Å². The van der Waals surface area contributed by atoms with Crippen molar-refractivity contribution in [2.75, 3.05) is 6.54 Å². The van der Waals surface area contributed by atoms with Gasteiger partial charge < -0.3 is 4.90 Å². The molecule has 1 amide bonds. The van der Waals surface area contributed by atoms with Crippen LogP contribution in [0.3, 0.4) is 0 Å². The predicted octanol–water partition coefficient (Wildman–Crippen LogP) is 3.65. The van der Waals surface area contributed by atoms with E-state index >= 15 is 0 Å². The minimum absolute atomic E-state index is 0.118. The predicted molar refractivity (Wildman–Crippen MR) is 94.3 cm³/mol. The number of aromatic amines is 1. The summed E-state index contributed by atoms with van der Waals surface area (Å²) in [6.45, 7) is 3.02. The summed E-state index contributed by atoms with van der Waals surface area (Å²) in [4.78, 5) is 13.5. The van der Waals surface area contributed by atoms with Gasteiger partial charge in [0, 0.05) is 43.3 Å². The molecule has 24 heavy (non-hydrogen) atoms. The number of H-pyrrole nitrogens is 1. The van der Waals surface area contributed by atoms with Crippen LogP contribution in [0.2, 0.25) is 0 Å². The molecule has 0 unspecified atom stereocenters. The summed E-state index contributed by atoms with van der Waals surface area (Å²) in [5.74, 6) is 0.118. The van der Waals surface area contributed by atoms with Gasteiger partial charge in [0.2, 0.25) is 5.91 Å². The number of fused-ring (bicyclic) bond motifs is 1. The van der Waals surface area contributed by atoms with E-state index in [1.165, 1.54) is 11.1 Å². The van der Waals surface area contributed by atoms with Gasteiger partial charge >= 0.3 is 0 Å². The Hall–Kier alpha value is -2.88. The molecule has 0 saturated heterocycles. The Morgan fingerprint density at radius 2 is 1.67 bits per heavy atom. The average molecular weight is 317 g/mol. The summed E-state index contributed by atoms with van der Waals surface area (Å²) in [5.41, 5.74) is 6.72. The lowest BCUT2D eigenvalue weighted by molar-refractivity contribution is -0.129. The fraction of sp³-hybridized carbons (Fsp3) is 0.200. The largest absolute Gasteiger partial charge is 0.338 e. The molecule has 1 aromatic heterocycles.